The summed E-state index contributed by atoms with van der Waals surface area (Å²) >= 11 is 0. The number of aliphatic hydroxyl groups excluding tert-OH is 1. The molecule has 7 nitrogen and oxygen atoms in total. The van der Waals surface area contributed by atoms with E-state index in [0.29, 0.717) is 25.7 Å². The molecule has 100 valence electrons. The van der Waals surface area contributed by atoms with Crippen molar-refractivity contribution in [1.82, 2.24) is 0 Å². The lowest BCUT2D eigenvalue weighted by Gasteiger charge is -2.06. The van der Waals surface area contributed by atoms with Crippen molar-refractivity contribution in [3.63, 3.8) is 0 Å². The van der Waals surface area contributed by atoms with Gasteiger partial charge >= 0.3 is 10.4 Å². The Hall–Kier alpha value is -0.250. The predicted octanol–water partition coefficient (Wildman–Crippen LogP) is 0.0151. The summed E-state index contributed by atoms with van der Waals surface area (Å²) in [6.45, 7) is 6.69. The van der Waals surface area contributed by atoms with Crippen molar-refractivity contribution >= 4 is 10.4 Å². The predicted molar refractivity (Wildman–Crippen MR) is 57.7 cm³/mol. The molecule has 0 fully saturated rings. The average Bonchev–Trinajstić information content (AvgIpc) is 2.08. The molecule has 0 unspecified atom stereocenters. The second-order valence-corrected chi connectivity index (χ2v) is 4.15. The quantitative estimate of drug-likeness (QED) is 0.436. The van der Waals surface area contributed by atoms with Crippen LogP contribution in [0.2, 0.25) is 0 Å². The highest BCUT2D eigenvalue weighted by Crippen LogP contribution is 1.91. The summed E-state index contributed by atoms with van der Waals surface area (Å²) in [5.41, 5.74) is 0. The normalized spacial score (nSPS) is 11.1. The molecule has 0 heterocycles. The third-order valence-electron chi connectivity index (χ3n) is 1.06. The topological polar surface area (TPSA) is 113 Å². The molecule has 3 N–H and O–H groups in total. The summed E-state index contributed by atoms with van der Waals surface area (Å²) < 4.78 is 41.8. The lowest BCUT2D eigenvalue weighted by atomic mass is 10.2. The van der Waals surface area contributed by atoms with Gasteiger partial charge in [-0.15, -0.1) is 0 Å². The number of rotatable bonds is 7. The molecule has 0 aromatic heterocycles. The minimum Gasteiger partial charge on any atom is -0.394 e. The third-order valence-corrected chi connectivity index (χ3v) is 1.06. The maximum absolute atomic E-state index is 8.74. The largest absolute Gasteiger partial charge is 0.394 e. The van der Waals surface area contributed by atoms with Crippen molar-refractivity contribution in [3.8, 4) is 0 Å². The molecule has 0 atom stereocenters. The summed E-state index contributed by atoms with van der Waals surface area (Å²) in [5.74, 6) is 0.577. The van der Waals surface area contributed by atoms with Crippen molar-refractivity contribution in [2.75, 3.05) is 33.0 Å². The van der Waals surface area contributed by atoms with Gasteiger partial charge in [-0.25, -0.2) is 0 Å². The van der Waals surface area contributed by atoms with Gasteiger partial charge in [0.05, 0.1) is 26.4 Å². The smallest absolute Gasteiger partial charge is 0.394 e. The Labute approximate surface area is 96.0 Å². The van der Waals surface area contributed by atoms with E-state index in [1.807, 2.05) is 0 Å². The first-order valence-corrected chi connectivity index (χ1v) is 6.13. The van der Waals surface area contributed by atoms with E-state index in [0.717, 1.165) is 6.61 Å². The molecule has 0 aliphatic carbocycles. The molecule has 0 spiro atoms. The van der Waals surface area contributed by atoms with Crippen LogP contribution >= 0.6 is 0 Å². The minimum absolute atomic E-state index is 0.0875. The molecular weight excluding hydrogens is 240 g/mol. The Kier molecular flexibility index (Phi) is 12.7. The van der Waals surface area contributed by atoms with Crippen LogP contribution in [0.3, 0.4) is 0 Å². The van der Waals surface area contributed by atoms with Gasteiger partial charge in [-0.1, -0.05) is 13.8 Å². The molecule has 16 heavy (non-hydrogen) atoms. The van der Waals surface area contributed by atoms with Gasteiger partial charge in [0, 0.05) is 6.61 Å². The van der Waals surface area contributed by atoms with E-state index in [1.165, 1.54) is 0 Å². The zero-order chi connectivity index (χ0) is 13.0. The molecule has 8 heteroatoms. The highest BCUT2D eigenvalue weighted by atomic mass is 32.3. The SMILES string of the molecule is CC(C)COCCOCCO.O=S(=O)(O)O. The molecular formula is C8H20O7S. The fraction of sp³-hybridized carbons (Fsp3) is 1.00. The monoisotopic (exact) mass is 260 g/mol. The summed E-state index contributed by atoms with van der Waals surface area (Å²) in [6, 6.07) is 0. The van der Waals surface area contributed by atoms with Crippen LogP contribution in [-0.4, -0.2) is 55.7 Å². The van der Waals surface area contributed by atoms with E-state index >= 15 is 0 Å². The summed E-state index contributed by atoms with van der Waals surface area (Å²) in [4.78, 5) is 0. The van der Waals surface area contributed by atoms with Crippen molar-refractivity contribution < 1.29 is 32.1 Å². The van der Waals surface area contributed by atoms with Crippen LogP contribution in [0.4, 0.5) is 0 Å². The van der Waals surface area contributed by atoms with E-state index in [4.69, 9.17) is 32.1 Å². The van der Waals surface area contributed by atoms with Crippen molar-refractivity contribution in [1.29, 1.82) is 0 Å². The van der Waals surface area contributed by atoms with Crippen LogP contribution in [0.25, 0.3) is 0 Å². The van der Waals surface area contributed by atoms with Gasteiger partial charge in [0.15, 0.2) is 0 Å². The Morgan fingerprint density at radius 1 is 1.06 bits per heavy atom. The molecule has 0 saturated carbocycles. The first kappa shape index (κ1) is 18.1. The molecule has 0 aromatic rings. The molecule has 0 radical (unpaired) electrons. The Morgan fingerprint density at radius 3 is 1.88 bits per heavy atom. The summed E-state index contributed by atoms with van der Waals surface area (Å²) in [5, 5.41) is 8.35. The molecule has 0 aliphatic heterocycles. The van der Waals surface area contributed by atoms with Crippen LogP contribution in [0, 0.1) is 5.92 Å². The standard InChI is InChI=1S/C8H18O3.H2O4S/c1-8(2)7-11-6-5-10-4-3-9;1-5(2,3)4/h8-9H,3-7H2,1-2H3;(H2,1,2,3,4). The third kappa shape index (κ3) is 37.2. The van der Waals surface area contributed by atoms with Crippen LogP contribution in [0.1, 0.15) is 13.8 Å². The lowest BCUT2D eigenvalue weighted by Crippen LogP contribution is -2.10. The van der Waals surface area contributed by atoms with E-state index in [-0.39, 0.29) is 6.61 Å². The number of ether oxygens (including phenoxy) is 2. The van der Waals surface area contributed by atoms with Gasteiger partial charge in [-0.3, -0.25) is 9.11 Å². The summed E-state index contributed by atoms with van der Waals surface area (Å²) in [6.07, 6.45) is 0. The van der Waals surface area contributed by atoms with E-state index < -0.39 is 10.4 Å². The Balaban J connectivity index is 0. The van der Waals surface area contributed by atoms with Crippen LogP contribution in [0.15, 0.2) is 0 Å². The molecule has 0 aliphatic rings. The van der Waals surface area contributed by atoms with Gasteiger partial charge in [-0.05, 0) is 5.92 Å². The maximum atomic E-state index is 8.74. The fourth-order valence-electron chi connectivity index (χ4n) is 0.603. The van der Waals surface area contributed by atoms with Gasteiger partial charge in [0.2, 0.25) is 0 Å². The van der Waals surface area contributed by atoms with E-state index in [2.05, 4.69) is 13.8 Å². The maximum Gasteiger partial charge on any atom is 0.394 e. The molecule has 0 bridgehead atoms. The van der Waals surface area contributed by atoms with E-state index in [9.17, 15) is 0 Å². The highest BCUT2D eigenvalue weighted by molar-refractivity contribution is 7.79. The second-order valence-electron chi connectivity index (χ2n) is 3.25. The van der Waals surface area contributed by atoms with Crippen LogP contribution in [0.5, 0.6) is 0 Å². The van der Waals surface area contributed by atoms with E-state index in [1.54, 1.807) is 0 Å². The first-order valence-electron chi connectivity index (χ1n) is 4.73. The summed E-state index contributed by atoms with van der Waals surface area (Å²) in [7, 11) is -4.67. The van der Waals surface area contributed by atoms with Crippen molar-refractivity contribution in [2.45, 2.75) is 13.8 Å². The number of aliphatic hydroxyl groups is 1. The Bertz CT molecular complexity index is 217. The second kappa shape index (κ2) is 11.2. The fourth-order valence-corrected chi connectivity index (χ4v) is 0.603. The van der Waals surface area contributed by atoms with Gasteiger partial charge in [-0.2, -0.15) is 8.42 Å². The zero-order valence-corrected chi connectivity index (χ0v) is 10.3. The molecule has 0 amide bonds. The molecule has 0 aromatic carbocycles. The van der Waals surface area contributed by atoms with Crippen molar-refractivity contribution in [3.05, 3.63) is 0 Å². The zero-order valence-electron chi connectivity index (χ0n) is 9.50. The number of hydrogen-bond acceptors (Lipinski definition) is 5. The Morgan fingerprint density at radius 2 is 1.50 bits per heavy atom. The van der Waals surface area contributed by atoms with Crippen LogP contribution < -0.4 is 0 Å². The van der Waals surface area contributed by atoms with Crippen LogP contribution in [-0.2, 0) is 19.9 Å². The minimum atomic E-state index is -4.67. The van der Waals surface area contributed by atoms with Gasteiger partial charge in [0.1, 0.15) is 0 Å². The van der Waals surface area contributed by atoms with Gasteiger partial charge < -0.3 is 14.6 Å². The number of hydrogen-bond donors (Lipinski definition) is 3. The molecule has 0 saturated heterocycles. The molecule has 0 rings (SSSR count). The van der Waals surface area contributed by atoms with Crippen molar-refractivity contribution in [2.24, 2.45) is 5.92 Å². The highest BCUT2D eigenvalue weighted by Gasteiger charge is 1.92. The lowest BCUT2D eigenvalue weighted by molar-refractivity contribution is 0.0255. The first-order chi connectivity index (χ1) is 7.27. The van der Waals surface area contributed by atoms with Gasteiger partial charge in [0.25, 0.3) is 0 Å². The average molecular weight is 260 g/mol.